The van der Waals surface area contributed by atoms with Crippen LogP contribution in [0.25, 0.3) is 11.0 Å². The van der Waals surface area contributed by atoms with Crippen molar-refractivity contribution in [1.82, 2.24) is 25.1 Å². The molecule has 1 saturated carbocycles. The third kappa shape index (κ3) is 7.23. The van der Waals surface area contributed by atoms with Gasteiger partial charge in [0, 0.05) is 33.7 Å². The molecule has 4 aromatic rings. The summed E-state index contributed by atoms with van der Waals surface area (Å²) >= 11 is 1.67. The van der Waals surface area contributed by atoms with Gasteiger partial charge in [0.05, 0.1) is 59.9 Å². The van der Waals surface area contributed by atoms with E-state index < -0.39 is 8.07 Å². The molecule has 10 nitrogen and oxygen atoms in total. The minimum Gasteiger partial charge on any atom is -0.378 e. The molecule has 0 bridgehead atoms. The van der Waals surface area contributed by atoms with Gasteiger partial charge in [-0.25, -0.2) is 4.98 Å². The molecule has 222 valence electrons. The fourth-order valence-electron chi connectivity index (χ4n) is 5.30. The Kier molecular flexibility index (Phi) is 8.94. The molecule has 0 spiro atoms. The van der Waals surface area contributed by atoms with E-state index in [0.29, 0.717) is 12.6 Å². The third-order valence-electron chi connectivity index (χ3n) is 7.77. The first-order valence-corrected chi connectivity index (χ1v) is 19.4. The second-order valence-electron chi connectivity index (χ2n) is 12.3. The minimum absolute atomic E-state index is 0.383. The van der Waals surface area contributed by atoms with E-state index in [0.717, 1.165) is 83.0 Å². The number of anilines is 5. The Hall–Kier alpha value is -3.19. The molecule has 0 aromatic carbocycles. The summed E-state index contributed by atoms with van der Waals surface area (Å²) in [6, 6.07) is 9.26. The van der Waals surface area contributed by atoms with E-state index >= 15 is 0 Å². The van der Waals surface area contributed by atoms with Crippen LogP contribution in [0, 0.1) is 0 Å². The predicted octanol–water partition coefficient (Wildman–Crippen LogP) is 6.56. The van der Waals surface area contributed by atoms with Crippen LogP contribution in [0.15, 0.2) is 42.9 Å². The van der Waals surface area contributed by atoms with Crippen molar-refractivity contribution in [1.29, 1.82) is 0 Å². The van der Waals surface area contributed by atoms with Gasteiger partial charge in [-0.1, -0.05) is 43.8 Å². The topological polar surface area (TPSA) is 101 Å². The Bertz CT molecular complexity index is 1480. The third-order valence-corrected chi connectivity index (χ3v) is 10.6. The second kappa shape index (κ2) is 13.0. The maximum Gasteiger partial charge on any atom is 0.215 e. The lowest BCUT2D eigenvalue weighted by Crippen LogP contribution is -2.36. The summed E-state index contributed by atoms with van der Waals surface area (Å²) in [7, 11) is -1.20. The van der Waals surface area contributed by atoms with Gasteiger partial charge in [0.15, 0.2) is 0 Å². The summed E-state index contributed by atoms with van der Waals surface area (Å²) in [5.74, 6) is 1.30. The van der Waals surface area contributed by atoms with Crippen molar-refractivity contribution in [3.63, 3.8) is 0 Å². The largest absolute Gasteiger partial charge is 0.378 e. The van der Waals surface area contributed by atoms with E-state index in [-0.39, 0.29) is 0 Å². The van der Waals surface area contributed by atoms with E-state index in [1.54, 1.807) is 11.3 Å². The highest BCUT2D eigenvalue weighted by Gasteiger charge is 2.24. The molecular weight excluding hydrogens is 565 g/mol. The molecule has 0 radical (unpaired) electrons. The summed E-state index contributed by atoms with van der Waals surface area (Å²) in [5, 5.41) is 14.6. The molecule has 0 amide bonds. The van der Waals surface area contributed by atoms with E-state index in [2.05, 4.69) is 61.0 Å². The van der Waals surface area contributed by atoms with Crippen LogP contribution in [0.5, 0.6) is 0 Å². The Morgan fingerprint density at radius 3 is 2.64 bits per heavy atom. The standard InChI is InChI=1S/C30H40N8O2SSi/c1-42(2,3)15-14-40-21-38(30-36-35-29(41-30)22-6-4-5-7-22)28-9-8-26-27(34-28)17-24(19-32-26)33-23-16-25(20-31-18-23)37-10-12-39-13-11-37/h8-9,16-20,22,33H,4-7,10-15,21H2,1-3H3. The van der Waals surface area contributed by atoms with Gasteiger partial charge in [-0.15, -0.1) is 10.2 Å². The number of morpholine rings is 1. The van der Waals surface area contributed by atoms with Crippen LogP contribution in [0.1, 0.15) is 36.6 Å². The lowest BCUT2D eigenvalue weighted by Gasteiger charge is -2.28. The fraction of sp³-hybridized carbons (Fsp3) is 0.500. The number of ether oxygens (including phenoxy) is 2. The normalized spacial score (nSPS) is 16.3. The van der Waals surface area contributed by atoms with Crippen LogP contribution < -0.4 is 15.1 Å². The van der Waals surface area contributed by atoms with Crippen molar-refractivity contribution in [3.8, 4) is 0 Å². The smallest absolute Gasteiger partial charge is 0.215 e. The minimum atomic E-state index is -1.20. The lowest BCUT2D eigenvalue weighted by molar-refractivity contribution is 0.122. The number of hydrogen-bond donors (Lipinski definition) is 1. The number of aromatic nitrogens is 5. The zero-order valence-corrected chi connectivity index (χ0v) is 26.6. The van der Waals surface area contributed by atoms with Crippen LogP contribution in [0.4, 0.5) is 28.0 Å². The van der Waals surface area contributed by atoms with E-state index in [1.165, 1.54) is 25.7 Å². The average molecular weight is 605 g/mol. The Morgan fingerprint density at radius 1 is 1.02 bits per heavy atom. The molecule has 42 heavy (non-hydrogen) atoms. The Morgan fingerprint density at radius 2 is 1.83 bits per heavy atom. The molecular formula is C30H40N8O2SSi. The first-order chi connectivity index (χ1) is 20.4. The summed E-state index contributed by atoms with van der Waals surface area (Å²) in [6.07, 6.45) is 10.5. The van der Waals surface area contributed by atoms with Crippen LogP contribution in [0.2, 0.25) is 25.7 Å². The van der Waals surface area contributed by atoms with Gasteiger partial charge in [-0.05, 0) is 43.2 Å². The molecule has 2 aliphatic rings. The van der Waals surface area contributed by atoms with Crippen molar-refractivity contribution >= 4 is 58.5 Å². The van der Waals surface area contributed by atoms with Gasteiger partial charge in [-0.2, -0.15) is 0 Å². The zero-order valence-electron chi connectivity index (χ0n) is 24.8. The number of rotatable bonds is 11. The van der Waals surface area contributed by atoms with E-state index in [1.807, 2.05) is 36.8 Å². The molecule has 12 heteroatoms. The Balaban J connectivity index is 1.24. The zero-order chi connectivity index (χ0) is 28.9. The molecule has 4 aromatic heterocycles. The molecule has 1 N–H and O–H groups in total. The summed E-state index contributed by atoms with van der Waals surface area (Å²) in [5.41, 5.74) is 4.46. The van der Waals surface area contributed by atoms with Crippen molar-refractivity contribution in [2.24, 2.45) is 0 Å². The van der Waals surface area contributed by atoms with Crippen LogP contribution in [0.3, 0.4) is 0 Å². The number of fused-ring (bicyclic) bond motifs is 1. The quantitative estimate of drug-likeness (QED) is 0.115. The van der Waals surface area contributed by atoms with Gasteiger partial charge >= 0.3 is 0 Å². The molecule has 0 unspecified atom stereocenters. The van der Waals surface area contributed by atoms with Gasteiger partial charge < -0.3 is 19.7 Å². The predicted molar refractivity (Wildman–Crippen MR) is 172 cm³/mol. The maximum absolute atomic E-state index is 6.20. The monoisotopic (exact) mass is 604 g/mol. The molecule has 0 atom stereocenters. The summed E-state index contributed by atoms with van der Waals surface area (Å²) < 4.78 is 11.7. The maximum atomic E-state index is 6.20. The summed E-state index contributed by atoms with van der Waals surface area (Å²) in [6.45, 7) is 11.4. The van der Waals surface area contributed by atoms with Crippen molar-refractivity contribution in [2.75, 3.05) is 54.8 Å². The summed E-state index contributed by atoms with van der Waals surface area (Å²) in [4.78, 5) is 18.5. The van der Waals surface area contributed by atoms with Gasteiger partial charge in [0.1, 0.15) is 17.6 Å². The average Bonchev–Trinajstić information content (AvgIpc) is 3.70. The lowest BCUT2D eigenvalue weighted by atomic mass is 10.1. The molecule has 6 rings (SSSR count). The second-order valence-corrected chi connectivity index (χ2v) is 18.9. The highest BCUT2D eigenvalue weighted by molar-refractivity contribution is 7.15. The number of hydrogen-bond acceptors (Lipinski definition) is 11. The highest BCUT2D eigenvalue weighted by atomic mass is 32.1. The van der Waals surface area contributed by atoms with Crippen molar-refractivity contribution in [3.05, 3.63) is 47.9 Å². The molecule has 1 saturated heterocycles. The molecule has 2 fully saturated rings. The Labute approximate surface area is 252 Å². The van der Waals surface area contributed by atoms with Gasteiger partial charge in [-0.3, -0.25) is 14.9 Å². The van der Waals surface area contributed by atoms with E-state index in [4.69, 9.17) is 14.5 Å². The van der Waals surface area contributed by atoms with Gasteiger partial charge in [0.25, 0.3) is 0 Å². The molecule has 1 aliphatic heterocycles. The fourth-order valence-corrected chi connectivity index (χ4v) is 7.06. The number of pyridine rings is 3. The van der Waals surface area contributed by atoms with Crippen molar-refractivity contribution in [2.45, 2.75) is 57.3 Å². The number of nitrogens with zero attached hydrogens (tertiary/aromatic N) is 7. The molecule has 5 heterocycles. The van der Waals surface area contributed by atoms with Crippen molar-refractivity contribution < 1.29 is 9.47 Å². The van der Waals surface area contributed by atoms with E-state index in [9.17, 15) is 0 Å². The highest BCUT2D eigenvalue weighted by Crippen LogP contribution is 2.38. The van der Waals surface area contributed by atoms with Crippen LogP contribution in [-0.2, 0) is 9.47 Å². The first-order valence-electron chi connectivity index (χ1n) is 14.9. The number of nitrogens with one attached hydrogen (secondary N) is 1. The SMILES string of the molecule is C[Si](C)(C)CCOCN(c1ccc2ncc(Nc3cncc(N4CCOCC4)c3)cc2n1)c1nnc(C2CCCC2)s1. The first kappa shape index (κ1) is 28.9. The van der Waals surface area contributed by atoms with Crippen LogP contribution in [-0.4, -0.2) is 72.9 Å². The molecule has 1 aliphatic carbocycles. The van der Waals surface area contributed by atoms with Crippen LogP contribution >= 0.6 is 11.3 Å². The van der Waals surface area contributed by atoms with Gasteiger partial charge in [0.2, 0.25) is 5.13 Å².